The van der Waals surface area contributed by atoms with Gasteiger partial charge in [-0.1, -0.05) is 0 Å². The van der Waals surface area contributed by atoms with Crippen molar-refractivity contribution in [2.75, 3.05) is 31.7 Å². The van der Waals surface area contributed by atoms with Crippen LogP contribution in [0.15, 0.2) is 18.3 Å². The molecule has 1 aliphatic carbocycles. The lowest BCUT2D eigenvalue weighted by atomic mass is 10.2. The summed E-state index contributed by atoms with van der Waals surface area (Å²) >= 11 is 0. The first-order valence-electron chi connectivity index (χ1n) is 6.26. The molecular weight excluding hydrogens is 228 g/mol. The van der Waals surface area contributed by atoms with Crippen LogP contribution in [0.3, 0.4) is 0 Å². The van der Waals surface area contributed by atoms with Crippen molar-refractivity contribution in [1.29, 1.82) is 5.41 Å². The Morgan fingerprint density at radius 2 is 2.39 bits per heavy atom. The summed E-state index contributed by atoms with van der Waals surface area (Å²) in [5.41, 5.74) is 6.92. The van der Waals surface area contributed by atoms with Gasteiger partial charge >= 0.3 is 0 Å². The van der Waals surface area contributed by atoms with Crippen molar-refractivity contribution < 1.29 is 4.74 Å². The quantitative estimate of drug-likeness (QED) is 0.432. The van der Waals surface area contributed by atoms with Gasteiger partial charge in [0.2, 0.25) is 0 Å². The van der Waals surface area contributed by atoms with Crippen molar-refractivity contribution >= 4 is 11.5 Å². The van der Waals surface area contributed by atoms with Gasteiger partial charge in [-0.15, -0.1) is 0 Å². The van der Waals surface area contributed by atoms with E-state index in [9.17, 15) is 0 Å². The third kappa shape index (κ3) is 3.43. The van der Waals surface area contributed by atoms with Crippen molar-refractivity contribution in [2.45, 2.75) is 12.8 Å². The van der Waals surface area contributed by atoms with E-state index in [0.29, 0.717) is 12.3 Å². The first-order valence-corrected chi connectivity index (χ1v) is 6.26. The number of nitrogens with one attached hydrogen (secondary N) is 1. The summed E-state index contributed by atoms with van der Waals surface area (Å²) in [6, 6.07) is 3.77. The maximum absolute atomic E-state index is 7.50. The average molecular weight is 248 g/mol. The molecule has 0 radical (unpaired) electrons. The highest BCUT2D eigenvalue weighted by molar-refractivity contribution is 5.98. The third-order valence-electron chi connectivity index (χ3n) is 3.07. The van der Waals surface area contributed by atoms with Crippen LogP contribution in [-0.2, 0) is 4.74 Å². The molecule has 3 N–H and O–H groups in total. The minimum atomic E-state index is -0.00338. The summed E-state index contributed by atoms with van der Waals surface area (Å²) in [6.07, 6.45) is 4.28. The first-order chi connectivity index (χ1) is 8.68. The Morgan fingerprint density at radius 3 is 3.06 bits per heavy atom. The van der Waals surface area contributed by atoms with Crippen LogP contribution in [0, 0.1) is 11.3 Å². The lowest BCUT2D eigenvalue weighted by molar-refractivity contribution is 0.131. The molecule has 5 nitrogen and oxygen atoms in total. The number of rotatable bonds is 7. The molecule has 1 fully saturated rings. The van der Waals surface area contributed by atoms with Gasteiger partial charge in [0, 0.05) is 26.4 Å². The highest BCUT2D eigenvalue weighted by Crippen LogP contribution is 2.28. The van der Waals surface area contributed by atoms with E-state index < -0.39 is 0 Å². The lowest BCUT2D eigenvalue weighted by Crippen LogP contribution is -2.26. The Morgan fingerprint density at radius 1 is 1.61 bits per heavy atom. The maximum Gasteiger partial charge on any atom is 0.143 e. The predicted octanol–water partition coefficient (Wildman–Crippen LogP) is 1.23. The molecule has 18 heavy (non-hydrogen) atoms. The van der Waals surface area contributed by atoms with Crippen LogP contribution in [0.2, 0.25) is 0 Å². The molecule has 0 unspecified atom stereocenters. The molecule has 1 heterocycles. The molecule has 0 aliphatic heterocycles. The number of amidine groups is 1. The number of hydrogen-bond donors (Lipinski definition) is 2. The summed E-state index contributed by atoms with van der Waals surface area (Å²) in [5.74, 6) is 0.790. The average Bonchev–Trinajstić information content (AvgIpc) is 3.18. The molecule has 0 aromatic carbocycles. The fourth-order valence-corrected chi connectivity index (χ4v) is 1.77. The third-order valence-corrected chi connectivity index (χ3v) is 3.07. The number of nitrogen functional groups attached to an aromatic ring is 1. The van der Waals surface area contributed by atoms with Crippen molar-refractivity contribution in [1.82, 2.24) is 4.98 Å². The molecule has 1 saturated carbocycles. The zero-order valence-electron chi connectivity index (χ0n) is 10.7. The van der Waals surface area contributed by atoms with E-state index >= 15 is 0 Å². The van der Waals surface area contributed by atoms with Crippen molar-refractivity contribution in [3.63, 3.8) is 0 Å². The van der Waals surface area contributed by atoms with E-state index in [1.807, 2.05) is 24.1 Å². The smallest absolute Gasteiger partial charge is 0.143 e. The van der Waals surface area contributed by atoms with E-state index in [1.54, 1.807) is 6.20 Å². The molecular formula is C13H20N4O. The van der Waals surface area contributed by atoms with Gasteiger partial charge in [0.05, 0.1) is 12.3 Å². The van der Waals surface area contributed by atoms with Gasteiger partial charge in [-0.05, 0) is 30.9 Å². The number of aromatic nitrogens is 1. The summed E-state index contributed by atoms with van der Waals surface area (Å²) in [6.45, 7) is 2.35. The second-order valence-corrected chi connectivity index (χ2v) is 4.72. The van der Waals surface area contributed by atoms with E-state index in [0.717, 1.165) is 24.8 Å². The second kappa shape index (κ2) is 5.82. The zero-order valence-corrected chi connectivity index (χ0v) is 10.7. The number of likely N-dealkylation sites (N-methyl/N-ethyl adjacent to an activating group) is 1. The number of hydrogen-bond acceptors (Lipinski definition) is 4. The van der Waals surface area contributed by atoms with E-state index in [4.69, 9.17) is 15.9 Å². The van der Waals surface area contributed by atoms with Crippen molar-refractivity contribution in [3.05, 3.63) is 24.0 Å². The Kier molecular flexibility index (Phi) is 4.15. The molecule has 0 bridgehead atoms. The predicted molar refractivity (Wildman–Crippen MR) is 72.1 cm³/mol. The monoisotopic (exact) mass is 248 g/mol. The molecule has 0 atom stereocenters. The van der Waals surface area contributed by atoms with Gasteiger partial charge in [-0.25, -0.2) is 0 Å². The Balaban J connectivity index is 1.86. The van der Waals surface area contributed by atoms with Crippen molar-refractivity contribution in [2.24, 2.45) is 11.7 Å². The van der Waals surface area contributed by atoms with Crippen LogP contribution in [0.1, 0.15) is 18.5 Å². The fraction of sp³-hybridized carbons (Fsp3) is 0.538. The minimum absolute atomic E-state index is 0.00338. The molecule has 1 aromatic heterocycles. The van der Waals surface area contributed by atoms with Crippen LogP contribution >= 0.6 is 0 Å². The topological polar surface area (TPSA) is 75.2 Å². The SMILES string of the molecule is CN(CCOCC1CC1)c1cccnc1C(=N)N. The number of anilines is 1. The van der Waals surface area contributed by atoms with E-state index in [-0.39, 0.29) is 5.84 Å². The first kappa shape index (κ1) is 12.8. The van der Waals surface area contributed by atoms with Gasteiger partial charge in [0.15, 0.2) is 0 Å². The number of ether oxygens (including phenoxy) is 1. The number of pyridine rings is 1. The number of nitrogens with two attached hydrogens (primary N) is 1. The van der Waals surface area contributed by atoms with E-state index in [1.165, 1.54) is 12.8 Å². The zero-order chi connectivity index (χ0) is 13.0. The molecule has 0 spiro atoms. The summed E-state index contributed by atoms with van der Waals surface area (Å²) < 4.78 is 5.60. The summed E-state index contributed by atoms with van der Waals surface area (Å²) in [7, 11) is 1.96. The Labute approximate surface area is 107 Å². The normalized spacial score (nSPS) is 14.5. The van der Waals surface area contributed by atoms with Gasteiger partial charge in [-0.3, -0.25) is 10.4 Å². The summed E-state index contributed by atoms with van der Waals surface area (Å²) in [4.78, 5) is 6.16. The molecule has 1 aliphatic rings. The molecule has 98 valence electrons. The highest BCUT2D eigenvalue weighted by Gasteiger charge is 2.21. The van der Waals surface area contributed by atoms with Gasteiger partial charge < -0.3 is 15.4 Å². The van der Waals surface area contributed by atoms with Crippen LogP contribution in [-0.4, -0.2) is 37.6 Å². The van der Waals surface area contributed by atoms with Crippen LogP contribution in [0.4, 0.5) is 5.69 Å². The maximum atomic E-state index is 7.50. The largest absolute Gasteiger partial charge is 0.382 e. The van der Waals surface area contributed by atoms with Crippen LogP contribution < -0.4 is 10.6 Å². The molecule has 1 aromatic rings. The highest BCUT2D eigenvalue weighted by atomic mass is 16.5. The molecule has 5 heteroatoms. The summed E-state index contributed by atoms with van der Waals surface area (Å²) in [5, 5.41) is 7.50. The molecule has 0 saturated heterocycles. The van der Waals surface area contributed by atoms with Gasteiger partial charge in [0.1, 0.15) is 11.5 Å². The molecule has 2 rings (SSSR count). The van der Waals surface area contributed by atoms with Gasteiger partial charge in [0.25, 0.3) is 0 Å². The van der Waals surface area contributed by atoms with Crippen LogP contribution in [0.25, 0.3) is 0 Å². The van der Waals surface area contributed by atoms with Crippen molar-refractivity contribution in [3.8, 4) is 0 Å². The minimum Gasteiger partial charge on any atom is -0.382 e. The Bertz CT molecular complexity index is 417. The van der Waals surface area contributed by atoms with Crippen LogP contribution in [0.5, 0.6) is 0 Å². The van der Waals surface area contributed by atoms with E-state index in [2.05, 4.69) is 4.98 Å². The standard InChI is InChI=1S/C13H20N4O/c1-17(7-8-18-9-10-4-5-10)11-3-2-6-16-12(11)13(14)15/h2-3,6,10H,4-5,7-9H2,1H3,(H3,14,15). The lowest BCUT2D eigenvalue weighted by Gasteiger charge is -2.21. The second-order valence-electron chi connectivity index (χ2n) is 4.72. The molecule has 0 amide bonds. The fourth-order valence-electron chi connectivity index (χ4n) is 1.77. The Hall–Kier alpha value is -1.62. The van der Waals surface area contributed by atoms with Gasteiger partial charge in [-0.2, -0.15) is 0 Å². The number of nitrogens with zero attached hydrogens (tertiary/aromatic N) is 2.